The summed E-state index contributed by atoms with van der Waals surface area (Å²) in [5, 5.41) is 13.2. The molecule has 0 N–H and O–H groups in total. The lowest BCUT2D eigenvalue weighted by atomic mass is 9.91. The van der Waals surface area contributed by atoms with Crippen molar-refractivity contribution in [2.45, 2.75) is 25.3 Å². The maximum absolute atomic E-state index is 13.9. The molecule has 1 saturated heterocycles. The van der Waals surface area contributed by atoms with Crippen LogP contribution in [0.4, 0.5) is 4.39 Å². The Kier molecular flexibility index (Phi) is 4.21. The molecule has 1 fully saturated rings. The largest absolute Gasteiger partial charge is 0.299 e. The fraction of sp³-hybridized carbons (Fsp3) is 0.412. The average molecular weight is 298 g/mol. The highest BCUT2D eigenvalue weighted by molar-refractivity contribution is 5.33. The number of likely N-dealkylation sites (tertiary alicyclic amines) is 1. The first-order chi connectivity index (χ1) is 10.7. The molecule has 1 aromatic heterocycles. The molecule has 0 amide bonds. The minimum Gasteiger partial charge on any atom is -0.299 e. The van der Waals surface area contributed by atoms with E-state index in [4.69, 9.17) is 5.26 Å². The predicted octanol–water partition coefficient (Wildman–Crippen LogP) is 2.81. The van der Waals surface area contributed by atoms with Gasteiger partial charge in [-0.05, 0) is 55.6 Å². The van der Waals surface area contributed by atoms with Crippen LogP contribution in [0.15, 0.2) is 30.6 Å². The second-order valence-electron chi connectivity index (χ2n) is 5.92. The van der Waals surface area contributed by atoms with E-state index in [2.05, 4.69) is 22.3 Å². The van der Waals surface area contributed by atoms with Crippen molar-refractivity contribution in [3.05, 3.63) is 53.1 Å². The zero-order chi connectivity index (χ0) is 15.5. The van der Waals surface area contributed by atoms with Crippen LogP contribution in [0, 0.1) is 17.1 Å². The molecule has 1 aliphatic heterocycles. The van der Waals surface area contributed by atoms with E-state index < -0.39 is 0 Å². The number of nitriles is 1. The van der Waals surface area contributed by atoms with E-state index in [9.17, 15) is 4.39 Å². The number of nitrogens with zero attached hydrogens (tertiary/aromatic N) is 4. The maximum Gasteiger partial charge on any atom is 0.127 e. The van der Waals surface area contributed by atoms with E-state index >= 15 is 0 Å². The first kappa shape index (κ1) is 14.7. The highest BCUT2D eigenvalue weighted by Crippen LogP contribution is 2.28. The zero-order valence-electron chi connectivity index (χ0n) is 12.7. The van der Waals surface area contributed by atoms with Crippen LogP contribution in [0.2, 0.25) is 0 Å². The number of halogens is 1. The Morgan fingerprint density at radius 1 is 1.36 bits per heavy atom. The zero-order valence-corrected chi connectivity index (χ0v) is 12.7. The second kappa shape index (κ2) is 6.29. The first-order valence-electron chi connectivity index (χ1n) is 7.55. The summed E-state index contributed by atoms with van der Waals surface area (Å²) < 4.78 is 15.7. The van der Waals surface area contributed by atoms with Crippen molar-refractivity contribution >= 4 is 0 Å². The summed E-state index contributed by atoms with van der Waals surface area (Å²) in [7, 11) is 1.93. The van der Waals surface area contributed by atoms with E-state index in [1.807, 2.05) is 17.9 Å². The monoisotopic (exact) mass is 298 g/mol. The van der Waals surface area contributed by atoms with Crippen molar-refractivity contribution in [3.63, 3.8) is 0 Å². The van der Waals surface area contributed by atoms with Crippen molar-refractivity contribution in [2.24, 2.45) is 7.05 Å². The summed E-state index contributed by atoms with van der Waals surface area (Å²) in [4.78, 5) is 2.26. The molecule has 5 heteroatoms. The molecule has 3 rings (SSSR count). The standard InChI is InChI=1S/C17H19FN4/c1-21-11-16(10-20-21)14-4-6-22(7-5-14)12-15-8-13(9-19)2-3-17(15)18/h2-3,8,10-11,14H,4-7,12H2,1H3. The van der Waals surface area contributed by atoms with Crippen molar-refractivity contribution < 1.29 is 4.39 Å². The number of rotatable bonds is 3. The van der Waals surface area contributed by atoms with Crippen LogP contribution in [0.3, 0.4) is 0 Å². The number of aryl methyl sites for hydroxylation is 1. The van der Waals surface area contributed by atoms with Gasteiger partial charge in [-0.1, -0.05) is 0 Å². The van der Waals surface area contributed by atoms with E-state index in [1.54, 1.807) is 6.07 Å². The molecule has 0 radical (unpaired) electrons. The molecule has 0 bridgehead atoms. The Morgan fingerprint density at radius 3 is 2.77 bits per heavy atom. The van der Waals surface area contributed by atoms with Gasteiger partial charge in [-0.3, -0.25) is 9.58 Å². The number of benzene rings is 1. The van der Waals surface area contributed by atoms with Crippen molar-refractivity contribution in [3.8, 4) is 6.07 Å². The van der Waals surface area contributed by atoms with Crippen LogP contribution >= 0.6 is 0 Å². The molecule has 0 aliphatic carbocycles. The van der Waals surface area contributed by atoms with Crippen LogP contribution in [-0.2, 0) is 13.6 Å². The van der Waals surface area contributed by atoms with Gasteiger partial charge in [0.05, 0.1) is 17.8 Å². The molecule has 114 valence electrons. The van der Waals surface area contributed by atoms with Gasteiger partial charge < -0.3 is 0 Å². The Hall–Kier alpha value is -2.19. The van der Waals surface area contributed by atoms with Crippen molar-refractivity contribution in [1.82, 2.24) is 14.7 Å². The molecule has 0 spiro atoms. The van der Waals surface area contributed by atoms with Gasteiger partial charge in [0.1, 0.15) is 5.82 Å². The molecule has 0 unspecified atom stereocenters. The molecular formula is C17H19FN4. The summed E-state index contributed by atoms with van der Waals surface area (Å²) in [5.41, 5.74) is 2.42. The minimum absolute atomic E-state index is 0.228. The fourth-order valence-corrected chi connectivity index (χ4v) is 3.08. The molecule has 1 aliphatic rings. The molecule has 1 aromatic carbocycles. The van der Waals surface area contributed by atoms with Gasteiger partial charge in [0.15, 0.2) is 0 Å². The average Bonchev–Trinajstić information content (AvgIpc) is 2.97. The van der Waals surface area contributed by atoms with Crippen molar-refractivity contribution in [1.29, 1.82) is 5.26 Å². The Labute approximate surface area is 129 Å². The smallest absolute Gasteiger partial charge is 0.127 e. The summed E-state index contributed by atoms with van der Waals surface area (Å²) in [6.45, 7) is 2.45. The SMILES string of the molecule is Cn1cc(C2CCN(Cc3cc(C#N)ccc3F)CC2)cn1. The molecule has 0 saturated carbocycles. The van der Waals surface area contributed by atoms with Gasteiger partial charge in [0, 0.05) is 25.4 Å². The Morgan fingerprint density at radius 2 is 2.14 bits per heavy atom. The van der Waals surface area contributed by atoms with Crippen LogP contribution in [0.5, 0.6) is 0 Å². The van der Waals surface area contributed by atoms with E-state index in [1.165, 1.54) is 17.7 Å². The fourth-order valence-electron chi connectivity index (χ4n) is 3.08. The van der Waals surface area contributed by atoms with Crippen LogP contribution in [0.1, 0.15) is 35.4 Å². The normalized spacial score (nSPS) is 16.6. The molecular weight excluding hydrogens is 279 g/mol. The predicted molar refractivity (Wildman–Crippen MR) is 81.6 cm³/mol. The molecule has 0 atom stereocenters. The van der Waals surface area contributed by atoms with Crippen molar-refractivity contribution in [2.75, 3.05) is 13.1 Å². The van der Waals surface area contributed by atoms with Crippen LogP contribution in [-0.4, -0.2) is 27.8 Å². The van der Waals surface area contributed by atoms with E-state index in [0.29, 0.717) is 23.6 Å². The topological polar surface area (TPSA) is 44.9 Å². The van der Waals surface area contributed by atoms with Gasteiger partial charge in [0.2, 0.25) is 0 Å². The summed E-state index contributed by atoms with van der Waals surface area (Å²) >= 11 is 0. The minimum atomic E-state index is -0.228. The van der Waals surface area contributed by atoms with Crippen LogP contribution in [0.25, 0.3) is 0 Å². The highest BCUT2D eigenvalue weighted by Gasteiger charge is 2.22. The number of piperidine rings is 1. The third-order valence-corrected chi connectivity index (χ3v) is 4.35. The molecule has 4 nitrogen and oxygen atoms in total. The summed E-state index contributed by atoms with van der Waals surface area (Å²) in [5.74, 6) is 0.314. The molecule has 22 heavy (non-hydrogen) atoms. The molecule has 2 aromatic rings. The first-order valence-corrected chi connectivity index (χ1v) is 7.55. The lowest BCUT2D eigenvalue weighted by molar-refractivity contribution is 0.202. The Balaban J connectivity index is 1.61. The highest BCUT2D eigenvalue weighted by atomic mass is 19.1. The third kappa shape index (κ3) is 3.18. The summed E-state index contributed by atoms with van der Waals surface area (Å²) in [6.07, 6.45) is 6.14. The van der Waals surface area contributed by atoms with E-state index in [0.717, 1.165) is 25.9 Å². The van der Waals surface area contributed by atoms with Gasteiger partial charge >= 0.3 is 0 Å². The van der Waals surface area contributed by atoms with Crippen LogP contribution < -0.4 is 0 Å². The Bertz CT molecular complexity index is 693. The van der Waals surface area contributed by atoms with Gasteiger partial charge in [-0.15, -0.1) is 0 Å². The lowest BCUT2D eigenvalue weighted by Gasteiger charge is -2.31. The number of hydrogen-bond donors (Lipinski definition) is 0. The van der Waals surface area contributed by atoms with Gasteiger partial charge in [-0.2, -0.15) is 10.4 Å². The summed E-state index contributed by atoms with van der Waals surface area (Å²) in [6, 6.07) is 6.63. The third-order valence-electron chi connectivity index (χ3n) is 4.35. The van der Waals surface area contributed by atoms with Gasteiger partial charge in [0.25, 0.3) is 0 Å². The number of hydrogen-bond acceptors (Lipinski definition) is 3. The van der Waals surface area contributed by atoms with E-state index in [-0.39, 0.29) is 5.82 Å². The molecule has 2 heterocycles. The quantitative estimate of drug-likeness (QED) is 0.875. The maximum atomic E-state index is 13.9. The second-order valence-corrected chi connectivity index (χ2v) is 5.92. The lowest BCUT2D eigenvalue weighted by Crippen LogP contribution is -2.32. The number of aromatic nitrogens is 2. The van der Waals surface area contributed by atoms with Gasteiger partial charge in [-0.25, -0.2) is 4.39 Å².